The predicted octanol–water partition coefficient (Wildman–Crippen LogP) is 2.34. The monoisotopic (exact) mass is 217 g/mol. The van der Waals surface area contributed by atoms with Crippen LogP contribution in [0, 0.1) is 6.92 Å². The van der Waals surface area contributed by atoms with E-state index in [1.807, 2.05) is 30.3 Å². The average molecular weight is 217 g/mol. The van der Waals surface area contributed by atoms with Gasteiger partial charge in [-0.3, -0.25) is 0 Å². The Balaban J connectivity index is 1.97. The molecule has 0 aliphatic carbocycles. The molecule has 0 aliphatic rings. The van der Waals surface area contributed by atoms with E-state index in [2.05, 4.69) is 4.98 Å². The molecule has 82 valence electrons. The predicted molar refractivity (Wildman–Crippen MR) is 56.8 cm³/mol. The number of esters is 1. The summed E-state index contributed by atoms with van der Waals surface area (Å²) in [6.45, 7) is 1.93. The van der Waals surface area contributed by atoms with Crippen molar-refractivity contribution in [3.63, 3.8) is 0 Å². The fraction of sp³-hybridized carbons (Fsp3) is 0.167. The largest absolute Gasteiger partial charge is 0.455 e. The lowest BCUT2D eigenvalue weighted by atomic mass is 10.2. The number of carbonyl (C=O) groups is 1. The minimum absolute atomic E-state index is 0.163. The normalized spacial score (nSPS) is 10.1. The molecule has 4 heteroatoms. The lowest BCUT2D eigenvalue weighted by molar-refractivity contribution is 0.0435. The van der Waals surface area contributed by atoms with Gasteiger partial charge in [-0.05, 0) is 12.5 Å². The fourth-order valence-electron chi connectivity index (χ4n) is 1.29. The Morgan fingerprint density at radius 3 is 2.75 bits per heavy atom. The number of hydrogen-bond acceptors (Lipinski definition) is 4. The van der Waals surface area contributed by atoms with Crippen LogP contribution in [0.15, 0.2) is 41.1 Å². The van der Waals surface area contributed by atoms with Gasteiger partial charge in [0.15, 0.2) is 6.39 Å². The topological polar surface area (TPSA) is 52.3 Å². The summed E-state index contributed by atoms with van der Waals surface area (Å²) in [5.74, 6) is -0.324. The number of aryl methyl sites for hydroxylation is 1. The summed E-state index contributed by atoms with van der Waals surface area (Å²) < 4.78 is 10.0. The summed E-state index contributed by atoms with van der Waals surface area (Å²) in [6, 6.07) is 9.47. The molecule has 4 nitrogen and oxygen atoms in total. The van der Waals surface area contributed by atoms with Gasteiger partial charge in [-0.15, -0.1) is 0 Å². The van der Waals surface area contributed by atoms with Gasteiger partial charge in [0.1, 0.15) is 6.61 Å². The van der Waals surface area contributed by atoms with Crippen molar-refractivity contribution in [1.29, 1.82) is 0 Å². The Kier molecular flexibility index (Phi) is 3.00. The Bertz CT molecular complexity index is 476. The number of benzene rings is 1. The maximum absolute atomic E-state index is 11.5. The van der Waals surface area contributed by atoms with Crippen molar-refractivity contribution in [1.82, 2.24) is 4.98 Å². The minimum atomic E-state index is -0.487. The number of rotatable bonds is 3. The van der Waals surface area contributed by atoms with Gasteiger partial charge in [-0.2, -0.15) is 0 Å². The van der Waals surface area contributed by atoms with Gasteiger partial charge in [-0.1, -0.05) is 30.3 Å². The van der Waals surface area contributed by atoms with E-state index in [1.165, 1.54) is 6.39 Å². The summed E-state index contributed by atoms with van der Waals surface area (Å²) in [4.78, 5) is 15.4. The molecule has 0 radical (unpaired) electrons. The zero-order chi connectivity index (χ0) is 11.4. The highest BCUT2D eigenvalue weighted by atomic mass is 16.5. The molecule has 16 heavy (non-hydrogen) atoms. The van der Waals surface area contributed by atoms with E-state index in [9.17, 15) is 4.79 Å². The summed E-state index contributed by atoms with van der Waals surface area (Å²) >= 11 is 0. The molecule has 0 saturated carbocycles. The SMILES string of the molecule is Cc1ncoc1C(=O)OCc1ccccc1. The van der Waals surface area contributed by atoms with Crippen molar-refractivity contribution in [2.75, 3.05) is 0 Å². The molecule has 1 aromatic heterocycles. The van der Waals surface area contributed by atoms with Gasteiger partial charge in [-0.25, -0.2) is 9.78 Å². The van der Waals surface area contributed by atoms with Crippen molar-refractivity contribution in [3.8, 4) is 0 Å². The van der Waals surface area contributed by atoms with Gasteiger partial charge >= 0.3 is 5.97 Å². The maximum Gasteiger partial charge on any atom is 0.376 e. The Morgan fingerprint density at radius 2 is 2.12 bits per heavy atom. The third-order valence-electron chi connectivity index (χ3n) is 2.14. The summed E-state index contributed by atoms with van der Waals surface area (Å²) in [5.41, 5.74) is 1.48. The Hall–Kier alpha value is -2.10. The molecule has 0 saturated heterocycles. The first kappa shape index (κ1) is 10.4. The van der Waals surface area contributed by atoms with Gasteiger partial charge in [0.2, 0.25) is 5.76 Å². The number of ether oxygens (including phenoxy) is 1. The van der Waals surface area contributed by atoms with E-state index in [-0.39, 0.29) is 12.4 Å². The molecule has 0 aliphatic heterocycles. The zero-order valence-electron chi connectivity index (χ0n) is 8.84. The van der Waals surface area contributed by atoms with E-state index < -0.39 is 5.97 Å². The smallest absolute Gasteiger partial charge is 0.376 e. The quantitative estimate of drug-likeness (QED) is 0.740. The van der Waals surface area contributed by atoms with Crippen LogP contribution in [-0.4, -0.2) is 11.0 Å². The first-order chi connectivity index (χ1) is 7.77. The molecule has 0 bridgehead atoms. The molecular formula is C12H11NO3. The standard InChI is InChI=1S/C12H11NO3/c1-9-11(16-8-13-9)12(14)15-7-10-5-3-2-4-6-10/h2-6,8H,7H2,1H3. The van der Waals surface area contributed by atoms with Gasteiger partial charge < -0.3 is 9.15 Å². The lowest BCUT2D eigenvalue weighted by Crippen LogP contribution is -2.05. The molecule has 0 unspecified atom stereocenters. The molecule has 0 N–H and O–H groups in total. The lowest BCUT2D eigenvalue weighted by Gasteiger charge is -2.02. The van der Waals surface area contributed by atoms with Crippen LogP contribution in [0.3, 0.4) is 0 Å². The van der Waals surface area contributed by atoms with Crippen molar-refractivity contribution < 1.29 is 13.9 Å². The highest BCUT2D eigenvalue weighted by Gasteiger charge is 2.15. The van der Waals surface area contributed by atoms with Crippen molar-refractivity contribution >= 4 is 5.97 Å². The Labute approximate surface area is 92.9 Å². The van der Waals surface area contributed by atoms with Crippen molar-refractivity contribution in [3.05, 3.63) is 53.7 Å². The van der Waals surface area contributed by atoms with Gasteiger partial charge in [0, 0.05) is 0 Å². The van der Waals surface area contributed by atoms with Crippen LogP contribution >= 0.6 is 0 Å². The number of hydrogen-bond donors (Lipinski definition) is 0. The fourth-order valence-corrected chi connectivity index (χ4v) is 1.29. The number of nitrogens with zero attached hydrogens (tertiary/aromatic N) is 1. The van der Waals surface area contributed by atoms with Crippen LogP contribution in [-0.2, 0) is 11.3 Å². The highest BCUT2D eigenvalue weighted by Crippen LogP contribution is 2.09. The average Bonchev–Trinajstić information content (AvgIpc) is 2.74. The highest BCUT2D eigenvalue weighted by molar-refractivity contribution is 5.87. The minimum Gasteiger partial charge on any atom is -0.455 e. The second-order valence-corrected chi connectivity index (χ2v) is 3.33. The third kappa shape index (κ3) is 2.28. The van der Waals surface area contributed by atoms with Crippen LogP contribution in [0.2, 0.25) is 0 Å². The number of carbonyl (C=O) groups excluding carboxylic acids is 1. The number of oxazole rings is 1. The Morgan fingerprint density at radius 1 is 1.38 bits per heavy atom. The molecular weight excluding hydrogens is 206 g/mol. The van der Waals surface area contributed by atoms with Crippen LogP contribution in [0.25, 0.3) is 0 Å². The zero-order valence-corrected chi connectivity index (χ0v) is 8.84. The first-order valence-electron chi connectivity index (χ1n) is 4.88. The van der Waals surface area contributed by atoms with E-state index in [4.69, 9.17) is 9.15 Å². The maximum atomic E-state index is 11.5. The first-order valence-corrected chi connectivity index (χ1v) is 4.88. The van der Waals surface area contributed by atoms with E-state index >= 15 is 0 Å². The third-order valence-corrected chi connectivity index (χ3v) is 2.14. The van der Waals surface area contributed by atoms with Crippen molar-refractivity contribution in [2.24, 2.45) is 0 Å². The van der Waals surface area contributed by atoms with Crippen molar-refractivity contribution in [2.45, 2.75) is 13.5 Å². The molecule has 1 heterocycles. The molecule has 2 aromatic rings. The second-order valence-electron chi connectivity index (χ2n) is 3.33. The summed E-state index contributed by atoms with van der Waals surface area (Å²) in [7, 11) is 0. The second kappa shape index (κ2) is 4.61. The summed E-state index contributed by atoms with van der Waals surface area (Å²) in [6.07, 6.45) is 1.23. The van der Waals surface area contributed by atoms with E-state index in [0.717, 1.165) is 5.56 Å². The van der Waals surface area contributed by atoms with Gasteiger partial charge in [0.05, 0.1) is 5.69 Å². The van der Waals surface area contributed by atoms with Crippen LogP contribution in [0.1, 0.15) is 21.8 Å². The molecule has 0 fully saturated rings. The summed E-state index contributed by atoms with van der Waals surface area (Å²) in [5, 5.41) is 0. The van der Waals surface area contributed by atoms with E-state index in [1.54, 1.807) is 6.92 Å². The molecule has 0 amide bonds. The molecule has 0 atom stereocenters. The molecule has 0 spiro atoms. The molecule has 1 aromatic carbocycles. The van der Waals surface area contributed by atoms with Crippen LogP contribution in [0.5, 0.6) is 0 Å². The number of aromatic nitrogens is 1. The van der Waals surface area contributed by atoms with Crippen LogP contribution in [0.4, 0.5) is 0 Å². The van der Waals surface area contributed by atoms with E-state index in [0.29, 0.717) is 5.69 Å². The van der Waals surface area contributed by atoms with Crippen LogP contribution < -0.4 is 0 Å². The van der Waals surface area contributed by atoms with Gasteiger partial charge in [0.25, 0.3) is 0 Å². The molecule has 2 rings (SSSR count).